The standard InChI is InChI=1S/C23H13FN4O/c24-14-9-10-16-17-7-4-8-18(20(17)29-19(16)13-14)22-27-21-23(26-12-11-25-21)28(22)15-5-2-1-3-6-15/h1-13H. The van der Waals surface area contributed by atoms with Gasteiger partial charge in [-0.3, -0.25) is 4.57 Å². The molecule has 0 aliphatic heterocycles. The maximum Gasteiger partial charge on any atom is 0.198 e. The minimum absolute atomic E-state index is 0.331. The van der Waals surface area contributed by atoms with Gasteiger partial charge in [-0.25, -0.2) is 19.3 Å². The molecular weight excluding hydrogens is 367 g/mol. The zero-order valence-corrected chi connectivity index (χ0v) is 15.1. The Bertz CT molecular complexity index is 1520. The van der Waals surface area contributed by atoms with Crippen LogP contribution < -0.4 is 0 Å². The molecular formula is C23H13FN4O. The first kappa shape index (κ1) is 15.9. The van der Waals surface area contributed by atoms with Gasteiger partial charge in [0, 0.05) is 34.9 Å². The van der Waals surface area contributed by atoms with Gasteiger partial charge in [-0.05, 0) is 30.3 Å². The summed E-state index contributed by atoms with van der Waals surface area (Å²) >= 11 is 0. The van der Waals surface area contributed by atoms with Gasteiger partial charge in [-0.15, -0.1) is 0 Å². The van der Waals surface area contributed by atoms with Gasteiger partial charge < -0.3 is 4.42 Å². The van der Waals surface area contributed by atoms with E-state index >= 15 is 0 Å². The van der Waals surface area contributed by atoms with E-state index in [4.69, 9.17) is 9.40 Å². The van der Waals surface area contributed by atoms with Gasteiger partial charge in [0.2, 0.25) is 0 Å². The molecule has 5 nitrogen and oxygen atoms in total. The van der Waals surface area contributed by atoms with Crippen LogP contribution >= 0.6 is 0 Å². The van der Waals surface area contributed by atoms with Crippen LogP contribution in [0.25, 0.3) is 50.3 Å². The van der Waals surface area contributed by atoms with Gasteiger partial charge in [0.25, 0.3) is 0 Å². The third kappa shape index (κ3) is 2.36. The lowest BCUT2D eigenvalue weighted by molar-refractivity contribution is 0.618. The average Bonchev–Trinajstić information content (AvgIpc) is 3.32. The summed E-state index contributed by atoms with van der Waals surface area (Å²) < 4.78 is 21.8. The van der Waals surface area contributed by atoms with Crippen molar-refractivity contribution < 1.29 is 8.81 Å². The van der Waals surface area contributed by atoms with E-state index in [1.165, 1.54) is 12.1 Å². The van der Waals surface area contributed by atoms with Crippen molar-refractivity contribution >= 4 is 33.2 Å². The van der Waals surface area contributed by atoms with Gasteiger partial charge in [-0.2, -0.15) is 0 Å². The lowest BCUT2D eigenvalue weighted by atomic mass is 10.1. The highest BCUT2D eigenvalue weighted by Gasteiger charge is 2.20. The fourth-order valence-corrected chi connectivity index (χ4v) is 3.76. The quantitative estimate of drug-likeness (QED) is 0.397. The van der Waals surface area contributed by atoms with E-state index in [0.29, 0.717) is 28.3 Å². The number of aromatic nitrogens is 4. The Morgan fingerprint density at radius 3 is 2.59 bits per heavy atom. The van der Waals surface area contributed by atoms with E-state index in [1.807, 2.05) is 53.1 Å². The molecule has 0 aliphatic rings. The Labute approximate surface area is 164 Å². The van der Waals surface area contributed by atoms with Gasteiger partial charge in [0.1, 0.15) is 17.0 Å². The Hall–Kier alpha value is -4.06. The fourth-order valence-electron chi connectivity index (χ4n) is 3.76. The number of nitrogens with zero attached hydrogens (tertiary/aromatic N) is 4. The van der Waals surface area contributed by atoms with E-state index in [2.05, 4.69) is 9.97 Å². The minimum Gasteiger partial charge on any atom is -0.455 e. The summed E-state index contributed by atoms with van der Waals surface area (Å²) in [6.07, 6.45) is 3.27. The van der Waals surface area contributed by atoms with Crippen molar-refractivity contribution in [2.24, 2.45) is 0 Å². The highest BCUT2D eigenvalue weighted by atomic mass is 19.1. The predicted octanol–water partition coefficient (Wildman–Crippen LogP) is 5.52. The van der Waals surface area contributed by atoms with Gasteiger partial charge in [-0.1, -0.05) is 30.3 Å². The molecule has 0 unspecified atom stereocenters. The lowest BCUT2D eigenvalue weighted by Gasteiger charge is -2.08. The molecule has 0 amide bonds. The Kier molecular flexibility index (Phi) is 3.28. The van der Waals surface area contributed by atoms with Crippen LogP contribution in [0.15, 0.2) is 83.5 Å². The van der Waals surface area contributed by atoms with Crippen molar-refractivity contribution in [3.05, 3.63) is 84.9 Å². The summed E-state index contributed by atoms with van der Waals surface area (Å²) in [6, 6.07) is 20.3. The second-order valence-corrected chi connectivity index (χ2v) is 6.73. The van der Waals surface area contributed by atoms with Crippen molar-refractivity contribution in [3.63, 3.8) is 0 Å². The molecule has 3 aromatic heterocycles. The van der Waals surface area contributed by atoms with Gasteiger partial charge in [0.05, 0.1) is 5.56 Å². The third-order valence-electron chi connectivity index (χ3n) is 5.01. The Balaban J connectivity index is 1.73. The molecule has 6 heteroatoms. The van der Waals surface area contributed by atoms with Crippen LogP contribution in [-0.2, 0) is 0 Å². The van der Waals surface area contributed by atoms with E-state index in [0.717, 1.165) is 22.0 Å². The lowest BCUT2D eigenvalue weighted by Crippen LogP contribution is -1.98. The van der Waals surface area contributed by atoms with Crippen molar-refractivity contribution in [2.75, 3.05) is 0 Å². The first-order valence-electron chi connectivity index (χ1n) is 9.15. The summed E-state index contributed by atoms with van der Waals surface area (Å²) in [5.41, 5.74) is 4.08. The van der Waals surface area contributed by atoms with Gasteiger partial charge >= 0.3 is 0 Å². The van der Waals surface area contributed by atoms with Crippen LogP contribution in [0, 0.1) is 5.82 Å². The van der Waals surface area contributed by atoms with E-state index in [9.17, 15) is 4.39 Å². The molecule has 6 rings (SSSR count). The number of rotatable bonds is 2. The number of hydrogen-bond donors (Lipinski definition) is 0. The maximum absolute atomic E-state index is 13.7. The molecule has 0 bridgehead atoms. The summed E-state index contributed by atoms with van der Waals surface area (Å²) in [4.78, 5) is 13.6. The number of fused-ring (bicyclic) bond motifs is 4. The molecule has 3 heterocycles. The van der Waals surface area contributed by atoms with E-state index in [-0.39, 0.29) is 5.82 Å². The molecule has 0 saturated carbocycles. The maximum atomic E-state index is 13.7. The third-order valence-corrected chi connectivity index (χ3v) is 5.01. The number of para-hydroxylation sites is 2. The first-order chi connectivity index (χ1) is 14.3. The molecule has 0 spiro atoms. The topological polar surface area (TPSA) is 56.7 Å². The normalized spacial score (nSPS) is 11.6. The van der Waals surface area contributed by atoms with Crippen LogP contribution in [0.5, 0.6) is 0 Å². The van der Waals surface area contributed by atoms with Crippen molar-refractivity contribution in [3.8, 4) is 17.1 Å². The summed E-state index contributed by atoms with van der Waals surface area (Å²) in [5.74, 6) is 0.338. The molecule has 138 valence electrons. The summed E-state index contributed by atoms with van der Waals surface area (Å²) in [6.45, 7) is 0. The zero-order valence-electron chi connectivity index (χ0n) is 15.1. The predicted molar refractivity (Wildman–Crippen MR) is 109 cm³/mol. The fraction of sp³-hybridized carbons (Fsp3) is 0. The van der Waals surface area contributed by atoms with Gasteiger partial charge in [0.15, 0.2) is 17.1 Å². The van der Waals surface area contributed by atoms with E-state index < -0.39 is 0 Å². The number of benzene rings is 3. The second kappa shape index (κ2) is 5.97. The average molecular weight is 380 g/mol. The van der Waals surface area contributed by atoms with Crippen LogP contribution in [0.3, 0.4) is 0 Å². The molecule has 3 aromatic carbocycles. The zero-order chi connectivity index (χ0) is 19.4. The molecule has 0 aliphatic carbocycles. The summed E-state index contributed by atoms with van der Waals surface area (Å²) in [7, 11) is 0. The Morgan fingerprint density at radius 1 is 0.828 bits per heavy atom. The Morgan fingerprint density at radius 2 is 1.69 bits per heavy atom. The molecule has 0 N–H and O–H groups in total. The SMILES string of the molecule is Fc1ccc2c(c1)oc1c(-c3nc4nccnc4n3-c3ccccc3)cccc12. The number of hydrogen-bond acceptors (Lipinski definition) is 4. The summed E-state index contributed by atoms with van der Waals surface area (Å²) in [5, 5.41) is 1.77. The molecule has 6 aromatic rings. The molecule has 0 saturated heterocycles. The van der Waals surface area contributed by atoms with Crippen molar-refractivity contribution in [2.45, 2.75) is 0 Å². The van der Waals surface area contributed by atoms with Crippen molar-refractivity contribution in [1.29, 1.82) is 0 Å². The van der Waals surface area contributed by atoms with Crippen LogP contribution in [0.2, 0.25) is 0 Å². The molecule has 0 fully saturated rings. The van der Waals surface area contributed by atoms with Crippen LogP contribution in [0.1, 0.15) is 0 Å². The number of furan rings is 1. The van der Waals surface area contributed by atoms with Crippen molar-refractivity contribution in [1.82, 2.24) is 19.5 Å². The highest BCUT2D eigenvalue weighted by molar-refractivity contribution is 6.09. The molecule has 0 atom stereocenters. The minimum atomic E-state index is -0.331. The number of imidazole rings is 1. The molecule has 0 radical (unpaired) electrons. The van der Waals surface area contributed by atoms with Crippen LogP contribution in [-0.4, -0.2) is 19.5 Å². The number of halogens is 1. The largest absolute Gasteiger partial charge is 0.455 e. The first-order valence-corrected chi connectivity index (χ1v) is 9.15. The highest BCUT2D eigenvalue weighted by Crippen LogP contribution is 2.37. The monoisotopic (exact) mass is 380 g/mol. The smallest absolute Gasteiger partial charge is 0.198 e. The van der Waals surface area contributed by atoms with Crippen LogP contribution in [0.4, 0.5) is 4.39 Å². The van der Waals surface area contributed by atoms with E-state index in [1.54, 1.807) is 18.5 Å². The second-order valence-electron chi connectivity index (χ2n) is 6.73. The molecule has 29 heavy (non-hydrogen) atoms.